The normalized spacial score (nSPS) is 28.1. The van der Waals surface area contributed by atoms with Gasteiger partial charge < -0.3 is 10.1 Å². The average Bonchev–Trinajstić information content (AvgIpc) is 2.35. The van der Waals surface area contributed by atoms with Crippen molar-refractivity contribution in [1.82, 2.24) is 5.32 Å². The maximum Gasteiger partial charge on any atom is 0.119 e. The smallest absolute Gasteiger partial charge is 0.119 e. The monoisotopic (exact) mass is 217 g/mol. The highest BCUT2D eigenvalue weighted by Crippen LogP contribution is 2.32. The summed E-state index contributed by atoms with van der Waals surface area (Å²) in [5, 5.41) is 3.66. The zero-order chi connectivity index (χ0) is 11.0. The number of hydrogen-bond donors (Lipinski definition) is 1. The van der Waals surface area contributed by atoms with E-state index in [9.17, 15) is 0 Å². The summed E-state index contributed by atoms with van der Waals surface area (Å²) in [6.45, 7) is 1.20. The highest BCUT2D eigenvalue weighted by atomic mass is 16.5. The first-order valence-corrected chi connectivity index (χ1v) is 6.26. The van der Waals surface area contributed by atoms with E-state index in [-0.39, 0.29) is 0 Å². The average molecular weight is 217 g/mol. The lowest BCUT2D eigenvalue weighted by Crippen LogP contribution is -2.45. The Hall–Kier alpha value is -1.02. The van der Waals surface area contributed by atoms with E-state index in [2.05, 4.69) is 23.5 Å². The Morgan fingerprint density at radius 3 is 3.06 bits per heavy atom. The highest BCUT2D eigenvalue weighted by molar-refractivity contribution is 5.38. The van der Waals surface area contributed by atoms with E-state index >= 15 is 0 Å². The summed E-state index contributed by atoms with van der Waals surface area (Å²) in [5.41, 5.74) is 3.01. The lowest BCUT2D eigenvalue weighted by Gasteiger charge is -2.37. The summed E-state index contributed by atoms with van der Waals surface area (Å²) in [5.74, 6) is 1.84. The Labute approximate surface area is 97.0 Å². The molecule has 86 valence electrons. The first kappa shape index (κ1) is 10.2. The summed E-state index contributed by atoms with van der Waals surface area (Å²) in [6, 6.07) is 7.26. The Kier molecular flexibility index (Phi) is 2.60. The van der Waals surface area contributed by atoms with Gasteiger partial charge in [-0.2, -0.15) is 0 Å². The van der Waals surface area contributed by atoms with E-state index in [0.717, 1.165) is 17.7 Å². The van der Waals surface area contributed by atoms with Crippen LogP contribution in [0.2, 0.25) is 0 Å². The molecule has 2 nitrogen and oxygen atoms in total. The first-order valence-electron chi connectivity index (χ1n) is 6.26. The van der Waals surface area contributed by atoms with E-state index < -0.39 is 0 Å². The van der Waals surface area contributed by atoms with Gasteiger partial charge in [-0.15, -0.1) is 0 Å². The molecule has 2 heteroatoms. The topological polar surface area (TPSA) is 21.3 Å². The van der Waals surface area contributed by atoms with E-state index in [4.69, 9.17) is 4.74 Å². The van der Waals surface area contributed by atoms with Gasteiger partial charge in [-0.25, -0.2) is 0 Å². The molecular weight excluding hydrogens is 198 g/mol. The van der Waals surface area contributed by atoms with Crippen LogP contribution in [0.5, 0.6) is 5.75 Å². The summed E-state index contributed by atoms with van der Waals surface area (Å²) >= 11 is 0. The van der Waals surface area contributed by atoms with Crippen LogP contribution in [0.25, 0.3) is 0 Å². The number of piperidine rings is 1. The summed E-state index contributed by atoms with van der Waals surface area (Å²) in [4.78, 5) is 0. The van der Waals surface area contributed by atoms with E-state index in [0.29, 0.717) is 0 Å². The number of nitrogens with one attached hydrogen (secondary N) is 1. The third-order valence-corrected chi connectivity index (χ3v) is 4.06. The fraction of sp³-hybridized carbons (Fsp3) is 0.571. The number of fused-ring (bicyclic) bond motifs is 2. The largest absolute Gasteiger partial charge is 0.497 e. The molecule has 1 fully saturated rings. The molecule has 16 heavy (non-hydrogen) atoms. The molecule has 1 heterocycles. The van der Waals surface area contributed by atoms with Crippen molar-refractivity contribution in [3.05, 3.63) is 29.3 Å². The summed E-state index contributed by atoms with van der Waals surface area (Å²) < 4.78 is 5.30. The SMILES string of the molecule is COc1ccc2c(c1)C[C@H]1CCCN[C@@H]1C2. The van der Waals surface area contributed by atoms with Gasteiger partial charge in [0.1, 0.15) is 5.75 Å². The van der Waals surface area contributed by atoms with Crippen LogP contribution in [-0.4, -0.2) is 19.7 Å². The molecule has 1 aromatic rings. The number of hydrogen-bond acceptors (Lipinski definition) is 2. The Morgan fingerprint density at radius 1 is 1.25 bits per heavy atom. The molecule has 0 amide bonds. The molecule has 1 saturated heterocycles. The molecule has 0 bridgehead atoms. The fourth-order valence-electron chi connectivity index (χ4n) is 3.14. The van der Waals surface area contributed by atoms with Gasteiger partial charge in [-0.05, 0) is 61.4 Å². The number of benzene rings is 1. The second-order valence-corrected chi connectivity index (χ2v) is 5.01. The number of ether oxygens (including phenoxy) is 1. The maximum atomic E-state index is 5.30. The Bertz CT molecular complexity index is 388. The molecule has 0 unspecified atom stereocenters. The summed E-state index contributed by atoms with van der Waals surface area (Å²) in [6.07, 6.45) is 5.14. The minimum absolute atomic E-state index is 0.717. The molecule has 2 atom stereocenters. The van der Waals surface area contributed by atoms with Crippen molar-refractivity contribution >= 4 is 0 Å². The van der Waals surface area contributed by atoms with Crippen molar-refractivity contribution in [3.8, 4) is 5.75 Å². The molecule has 0 spiro atoms. The Balaban J connectivity index is 1.89. The van der Waals surface area contributed by atoms with Gasteiger partial charge in [0, 0.05) is 6.04 Å². The zero-order valence-corrected chi connectivity index (χ0v) is 9.83. The van der Waals surface area contributed by atoms with Crippen LogP contribution in [0.4, 0.5) is 0 Å². The molecule has 3 rings (SSSR count). The van der Waals surface area contributed by atoms with E-state index in [1.165, 1.54) is 43.4 Å². The second-order valence-electron chi connectivity index (χ2n) is 5.01. The van der Waals surface area contributed by atoms with Crippen LogP contribution >= 0.6 is 0 Å². The van der Waals surface area contributed by atoms with Crippen LogP contribution in [0, 0.1) is 5.92 Å². The van der Waals surface area contributed by atoms with Gasteiger partial charge in [-0.1, -0.05) is 6.07 Å². The van der Waals surface area contributed by atoms with Crippen LogP contribution < -0.4 is 10.1 Å². The molecule has 1 aliphatic carbocycles. The summed E-state index contributed by atoms with van der Waals surface area (Å²) in [7, 11) is 1.75. The van der Waals surface area contributed by atoms with Crippen molar-refractivity contribution < 1.29 is 4.74 Å². The van der Waals surface area contributed by atoms with E-state index in [1.54, 1.807) is 7.11 Å². The predicted octanol–water partition coefficient (Wildman–Crippen LogP) is 2.16. The minimum Gasteiger partial charge on any atom is -0.497 e. The third kappa shape index (κ3) is 1.71. The quantitative estimate of drug-likeness (QED) is 0.778. The standard InChI is InChI=1S/C14H19NO/c1-16-13-5-4-10-9-14-11(3-2-6-15-14)7-12(10)8-13/h4-5,8,11,14-15H,2-3,6-7,9H2,1H3/t11-,14-/m1/s1. The number of rotatable bonds is 1. The van der Waals surface area contributed by atoms with Crippen molar-refractivity contribution in [3.63, 3.8) is 0 Å². The molecule has 1 N–H and O–H groups in total. The van der Waals surface area contributed by atoms with Gasteiger partial charge in [0.2, 0.25) is 0 Å². The van der Waals surface area contributed by atoms with Crippen LogP contribution in [0.15, 0.2) is 18.2 Å². The van der Waals surface area contributed by atoms with Crippen LogP contribution in [0.1, 0.15) is 24.0 Å². The van der Waals surface area contributed by atoms with Gasteiger partial charge in [0.25, 0.3) is 0 Å². The van der Waals surface area contributed by atoms with Gasteiger partial charge in [0.05, 0.1) is 7.11 Å². The molecule has 0 aromatic heterocycles. The van der Waals surface area contributed by atoms with Gasteiger partial charge >= 0.3 is 0 Å². The molecule has 2 aliphatic rings. The van der Waals surface area contributed by atoms with Gasteiger partial charge in [-0.3, -0.25) is 0 Å². The van der Waals surface area contributed by atoms with Crippen molar-refractivity contribution in [1.29, 1.82) is 0 Å². The van der Waals surface area contributed by atoms with Crippen LogP contribution in [0.3, 0.4) is 0 Å². The molecule has 1 aromatic carbocycles. The lowest BCUT2D eigenvalue weighted by atomic mass is 9.76. The molecule has 0 saturated carbocycles. The van der Waals surface area contributed by atoms with E-state index in [1.807, 2.05) is 0 Å². The number of methoxy groups -OCH3 is 1. The first-order chi connectivity index (χ1) is 7.86. The zero-order valence-electron chi connectivity index (χ0n) is 9.83. The molecule has 1 aliphatic heterocycles. The predicted molar refractivity (Wildman–Crippen MR) is 64.9 cm³/mol. The molecular formula is C14H19NO. The maximum absolute atomic E-state index is 5.30. The van der Waals surface area contributed by atoms with Gasteiger partial charge in [0.15, 0.2) is 0 Å². The highest BCUT2D eigenvalue weighted by Gasteiger charge is 2.30. The lowest BCUT2D eigenvalue weighted by molar-refractivity contribution is 0.263. The minimum atomic E-state index is 0.717. The van der Waals surface area contributed by atoms with Crippen molar-refractivity contribution in [2.45, 2.75) is 31.7 Å². The second kappa shape index (κ2) is 4.10. The third-order valence-electron chi connectivity index (χ3n) is 4.06. The fourth-order valence-corrected chi connectivity index (χ4v) is 3.14. The molecule has 0 radical (unpaired) electrons. The van der Waals surface area contributed by atoms with Crippen molar-refractivity contribution in [2.24, 2.45) is 5.92 Å². The van der Waals surface area contributed by atoms with Crippen LogP contribution in [-0.2, 0) is 12.8 Å². The van der Waals surface area contributed by atoms with Crippen molar-refractivity contribution in [2.75, 3.05) is 13.7 Å². The Morgan fingerprint density at radius 2 is 2.19 bits per heavy atom.